The first kappa shape index (κ1) is 18.1. The van der Waals surface area contributed by atoms with Crippen LogP contribution in [0.3, 0.4) is 0 Å². The zero-order chi connectivity index (χ0) is 28.0. The minimum atomic E-state index is -2.11. The third-order valence-corrected chi connectivity index (χ3v) is 9.47. The topological polar surface area (TPSA) is 26.0 Å². The lowest BCUT2D eigenvalue weighted by Crippen LogP contribution is -2.37. The van der Waals surface area contributed by atoms with Gasteiger partial charge in [0.25, 0.3) is 0 Å². The molecule has 0 spiro atoms. The Kier molecular flexibility index (Phi) is 4.06. The van der Waals surface area contributed by atoms with Crippen molar-refractivity contribution < 1.29 is 14.3 Å². The molecule has 3 aromatic carbocycles. The fourth-order valence-corrected chi connectivity index (χ4v) is 6.69. The first-order chi connectivity index (χ1) is 18.4. The van der Waals surface area contributed by atoms with Crippen LogP contribution in [-0.4, -0.2) is 13.1 Å². The first-order valence-electron chi connectivity index (χ1n) is 13.5. The van der Waals surface area contributed by atoms with Crippen molar-refractivity contribution in [3.63, 3.8) is 0 Å². The van der Waals surface area contributed by atoms with E-state index in [0.717, 1.165) is 37.5 Å². The average Bonchev–Trinajstić information content (AvgIpc) is 3.39. The monoisotopic (exact) mass is 499 g/mol. The molecule has 174 valence electrons. The molecule has 6 aromatic rings. The highest BCUT2D eigenvalue weighted by Crippen LogP contribution is 2.44. The van der Waals surface area contributed by atoms with Crippen LogP contribution >= 0.6 is 11.3 Å². The second kappa shape index (κ2) is 7.87. The van der Waals surface area contributed by atoms with Gasteiger partial charge in [0.2, 0.25) is 0 Å². The highest BCUT2D eigenvalue weighted by Gasteiger charge is 2.21. The van der Waals surface area contributed by atoms with Crippen LogP contribution in [0, 0.1) is 19.7 Å². The molecule has 0 aliphatic heterocycles. The molecule has 0 bridgehead atoms. The number of rotatable bonds is 3. The van der Waals surface area contributed by atoms with Crippen LogP contribution in [0.5, 0.6) is 0 Å². The van der Waals surface area contributed by atoms with Gasteiger partial charge in [0, 0.05) is 33.5 Å². The highest BCUT2D eigenvalue weighted by atomic mass is 32.1. The zero-order valence-electron chi connectivity index (χ0n) is 24.2. The molecule has 0 amide bonds. The maximum absolute atomic E-state index is 14.0. The van der Waals surface area contributed by atoms with E-state index in [2.05, 4.69) is 0 Å². The lowest BCUT2D eigenvalue weighted by Gasteiger charge is -2.16. The lowest BCUT2D eigenvalue weighted by molar-refractivity contribution is 0.618. The van der Waals surface area contributed by atoms with Crippen LogP contribution in [0.15, 0.2) is 71.2 Å². The van der Waals surface area contributed by atoms with E-state index >= 15 is 0 Å². The summed E-state index contributed by atoms with van der Waals surface area (Å²) < 4.78 is 56.2. The summed E-state index contributed by atoms with van der Waals surface area (Å²) in [4.78, 5) is 5.45. The van der Waals surface area contributed by atoms with Crippen LogP contribution in [0.4, 0.5) is 4.39 Å². The summed E-state index contributed by atoms with van der Waals surface area (Å²) in [5.74, 6) is -0.362. The van der Waals surface area contributed by atoms with Gasteiger partial charge in [0.1, 0.15) is 17.0 Å². The molecule has 35 heavy (non-hydrogen) atoms. The number of halogens is 1. The van der Waals surface area contributed by atoms with Gasteiger partial charge in [-0.1, -0.05) is 49.0 Å². The van der Waals surface area contributed by atoms with Crippen molar-refractivity contribution in [1.29, 1.82) is 0 Å². The van der Waals surface area contributed by atoms with E-state index in [1.54, 1.807) is 12.3 Å². The molecular weight excluding hydrogens is 469 g/mol. The van der Waals surface area contributed by atoms with Crippen LogP contribution in [-0.2, 0) is 0 Å². The number of furan rings is 1. The number of fused-ring (bicyclic) bond motifs is 4. The molecule has 0 unspecified atom stereocenters. The first-order valence-corrected chi connectivity index (χ1v) is 15.8. The predicted molar refractivity (Wildman–Crippen MR) is 150 cm³/mol. The van der Waals surface area contributed by atoms with Crippen LogP contribution < -0.4 is 5.19 Å². The van der Waals surface area contributed by atoms with Gasteiger partial charge in [-0.05, 0) is 66.3 Å². The molecule has 0 fully saturated rings. The second-order valence-corrected chi connectivity index (χ2v) is 16.0. The Labute approximate surface area is 214 Å². The summed E-state index contributed by atoms with van der Waals surface area (Å²) in [6, 6.07) is 10.6. The zero-order valence-corrected chi connectivity index (χ0v) is 22.0. The van der Waals surface area contributed by atoms with Gasteiger partial charge in [-0.2, -0.15) is 0 Å². The van der Waals surface area contributed by atoms with Crippen molar-refractivity contribution in [3.8, 4) is 21.7 Å². The summed E-state index contributed by atoms with van der Waals surface area (Å²) in [6.45, 7) is 10.1. The third kappa shape index (κ3) is 3.61. The van der Waals surface area contributed by atoms with E-state index in [-0.39, 0.29) is 30.0 Å². The van der Waals surface area contributed by atoms with E-state index in [1.807, 2.05) is 51.7 Å². The van der Waals surface area contributed by atoms with Gasteiger partial charge in [0.05, 0.1) is 24.0 Å². The van der Waals surface area contributed by atoms with E-state index in [9.17, 15) is 4.39 Å². The molecule has 0 atom stereocenters. The van der Waals surface area contributed by atoms with Gasteiger partial charge < -0.3 is 4.42 Å². The minimum absolute atomic E-state index is 0.00477. The van der Waals surface area contributed by atoms with Crippen molar-refractivity contribution in [2.75, 3.05) is 0 Å². The number of thiophene rings is 1. The van der Waals surface area contributed by atoms with Crippen molar-refractivity contribution in [2.45, 2.75) is 33.5 Å². The fraction of sp³-hybridized carbons (Fsp3) is 0.167. The fourth-order valence-electron chi connectivity index (χ4n) is 4.55. The van der Waals surface area contributed by atoms with E-state index in [1.165, 1.54) is 23.5 Å². The quantitative estimate of drug-likeness (QED) is 0.227. The maximum atomic E-state index is 14.0. The van der Waals surface area contributed by atoms with Gasteiger partial charge in [-0.15, -0.1) is 11.3 Å². The Hall–Kier alpha value is -3.28. The number of pyridine rings is 1. The molecule has 0 N–H and O–H groups in total. The largest absolute Gasteiger partial charge is 0.455 e. The van der Waals surface area contributed by atoms with Gasteiger partial charge in [0.15, 0.2) is 0 Å². The smallest absolute Gasteiger partial charge is 0.144 e. The number of hydrogen-bond donors (Lipinski definition) is 0. The summed E-state index contributed by atoms with van der Waals surface area (Å²) in [5, 5.41) is 3.19. The predicted octanol–water partition coefficient (Wildman–Crippen LogP) is 8.83. The number of aryl methyl sites for hydroxylation is 2. The standard InChI is InChI=1S/C30H26FNOSSi/c1-17-14-24-23-11-8-20(31)16-26(23)33-28(24)25(15-17)27-30-22(12-13-32-27)18(2)29(34-30)19-6-9-21(10-7-19)35(3,4)5/h6-16H,1-5H3/i6D,7D,9D,10D. The van der Waals surface area contributed by atoms with Crippen molar-refractivity contribution in [2.24, 2.45) is 0 Å². The molecule has 2 nitrogen and oxygen atoms in total. The van der Waals surface area contributed by atoms with E-state index < -0.39 is 8.07 Å². The average molecular weight is 500 g/mol. The Morgan fingerprint density at radius 1 is 0.943 bits per heavy atom. The van der Waals surface area contributed by atoms with Gasteiger partial charge in [-0.25, -0.2) is 4.39 Å². The Morgan fingerprint density at radius 3 is 2.46 bits per heavy atom. The molecule has 6 rings (SSSR count). The number of hydrogen-bond acceptors (Lipinski definition) is 3. The Balaban J connectivity index is 1.65. The number of nitrogens with zero attached hydrogens (tertiary/aromatic N) is 1. The van der Waals surface area contributed by atoms with Gasteiger partial charge >= 0.3 is 0 Å². The molecule has 3 heterocycles. The summed E-state index contributed by atoms with van der Waals surface area (Å²) >= 11 is 1.42. The summed E-state index contributed by atoms with van der Waals surface area (Å²) in [5.41, 5.74) is 4.80. The molecule has 0 radical (unpaired) electrons. The Morgan fingerprint density at radius 2 is 1.71 bits per heavy atom. The van der Waals surface area contributed by atoms with Crippen molar-refractivity contribution >= 4 is 56.6 Å². The maximum Gasteiger partial charge on any atom is 0.144 e. The van der Waals surface area contributed by atoms with E-state index in [0.29, 0.717) is 32.5 Å². The molecule has 0 saturated carbocycles. The molecule has 0 saturated heterocycles. The van der Waals surface area contributed by atoms with E-state index in [4.69, 9.17) is 14.9 Å². The SMILES string of the molecule is [2H]c1c([2H])c([Si](C)(C)C)c([2H])c([2H])c1-c1sc2c(-c3cc(C)cc4c3oc3cc(F)ccc34)nccc2c1C. The summed E-state index contributed by atoms with van der Waals surface area (Å²) in [7, 11) is -2.11. The molecule has 5 heteroatoms. The highest BCUT2D eigenvalue weighted by molar-refractivity contribution is 7.23. The lowest BCUT2D eigenvalue weighted by atomic mass is 10.0. The normalized spacial score (nSPS) is 13.9. The van der Waals surface area contributed by atoms with Crippen molar-refractivity contribution in [1.82, 2.24) is 4.98 Å². The number of benzene rings is 3. The molecule has 0 aliphatic carbocycles. The molecule has 3 aromatic heterocycles. The number of aromatic nitrogens is 1. The van der Waals surface area contributed by atoms with Gasteiger partial charge in [-0.3, -0.25) is 4.98 Å². The minimum Gasteiger partial charge on any atom is -0.455 e. The molecule has 0 aliphatic rings. The second-order valence-electron chi connectivity index (χ2n) is 10.0. The molecular formula is C30H26FNOSSi. The van der Waals surface area contributed by atoms with Crippen LogP contribution in [0.1, 0.15) is 16.6 Å². The van der Waals surface area contributed by atoms with Crippen molar-refractivity contribution in [3.05, 3.63) is 83.7 Å². The Bertz CT molecular complexity index is 1960. The van der Waals surface area contributed by atoms with Crippen LogP contribution in [0.25, 0.3) is 53.7 Å². The summed E-state index contributed by atoms with van der Waals surface area (Å²) in [6.07, 6.45) is 1.74. The van der Waals surface area contributed by atoms with Crippen LogP contribution in [0.2, 0.25) is 19.6 Å². The third-order valence-electron chi connectivity index (χ3n) is 6.39.